The zero-order valence-corrected chi connectivity index (χ0v) is 12.2. The highest BCUT2D eigenvalue weighted by Crippen LogP contribution is 2.27. The summed E-state index contributed by atoms with van der Waals surface area (Å²) in [5.74, 6) is -1.26. The van der Waals surface area contributed by atoms with Crippen LogP contribution in [-0.4, -0.2) is 11.1 Å². The summed E-state index contributed by atoms with van der Waals surface area (Å²) in [6.45, 7) is 0.0219. The lowest BCUT2D eigenvalue weighted by Gasteiger charge is -2.09. The van der Waals surface area contributed by atoms with Crippen molar-refractivity contribution in [3.63, 3.8) is 0 Å². The van der Waals surface area contributed by atoms with Gasteiger partial charge in [0.1, 0.15) is 18.2 Å². The molecule has 0 spiro atoms. The molecule has 2 aromatic carbocycles. The van der Waals surface area contributed by atoms with E-state index in [4.69, 9.17) is 15.1 Å². The summed E-state index contributed by atoms with van der Waals surface area (Å²) in [6, 6.07) is 10.1. The Morgan fingerprint density at radius 3 is 2.76 bits per heavy atom. The van der Waals surface area contributed by atoms with E-state index in [1.54, 1.807) is 6.07 Å². The lowest BCUT2D eigenvalue weighted by Crippen LogP contribution is -2.00. The molecule has 1 N–H and O–H groups in total. The van der Waals surface area contributed by atoms with Gasteiger partial charge in [-0.1, -0.05) is 0 Å². The van der Waals surface area contributed by atoms with Gasteiger partial charge in [0.25, 0.3) is 0 Å². The molecule has 0 fully saturated rings. The molecule has 21 heavy (non-hydrogen) atoms. The molecule has 6 heteroatoms. The number of hydrogen-bond acceptors (Lipinski definition) is 3. The molecule has 0 radical (unpaired) electrons. The third kappa shape index (κ3) is 3.80. The summed E-state index contributed by atoms with van der Waals surface area (Å²) in [4.78, 5) is 10.9. The molecule has 2 rings (SSSR count). The maximum Gasteiger partial charge on any atom is 0.335 e. The number of halogens is 2. The van der Waals surface area contributed by atoms with E-state index < -0.39 is 11.8 Å². The molecular weight excluding hydrogens is 341 g/mol. The number of benzene rings is 2. The second-order valence-corrected chi connectivity index (χ2v) is 5.05. The fourth-order valence-corrected chi connectivity index (χ4v) is 2.07. The molecule has 2 aromatic rings. The van der Waals surface area contributed by atoms with Crippen LogP contribution in [0.4, 0.5) is 4.39 Å². The highest BCUT2D eigenvalue weighted by Gasteiger charge is 2.09. The molecule has 0 aromatic heterocycles. The Morgan fingerprint density at radius 1 is 1.33 bits per heavy atom. The number of carbonyl (C=O) groups is 1. The van der Waals surface area contributed by atoms with Crippen LogP contribution in [0.15, 0.2) is 40.9 Å². The van der Waals surface area contributed by atoms with Gasteiger partial charge in [0.15, 0.2) is 0 Å². The Kier molecular flexibility index (Phi) is 4.55. The Morgan fingerprint density at radius 2 is 2.10 bits per heavy atom. The van der Waals surface area contributed by atoms with Gasteiger partial charge in [0.2, 0.25) is 0 Å². The van der Waals surface area contributed by atoms with E-state index in [-0.39, 0.29) is 17.7 Å². The molecule has 106 valence electrons. The molecule has 0 aliphatic carbocycles. The van der Waals surface area contributed by atoms with Crippen molar-refractivity contribution >= 4 is 21.9 Å². The predicted molar refractivity (Wildman–Crippen MR) is 76.5 cm³/mol. The first-order valence-corrected chi connectivity index (χ1v) is 6.64. The number of aromatic carboxylic acids is 1. The number of rotatable bonds is 4. The summed E-state index contributed by atoms with van der Waals surface area (Å²) >= 11 is 3.25. The molecule has 0 aliphatic heterocycles. The van der Waals surface area contributed by atoms with E-state index in [1.165, 1.54) is 24.3 Å². The van der Waals surface area contributed by atoms with Gasteiger partial charge in [0.05, 0.1) is 21.7 Å². The van der Waals surface area contributed by atoms with Crippen molar-refractivity contribution in [2.24, 2.45) is 0 Å². The number of ether oxygens (including phenoxy) is 1. The highest BCUT2D eigenvalue weighted by molar-refractivity contribution is 9.10. The monoisotopic (exact) mass is 349 g/mol. The van der Waals surface area contributed by atoms with Crippen LogP contribution in [0.2, 0.25) is 0 Å². The molecule has 0 amide bonds. The third-order valence-corrected chi connectivity index (χ3v) is 3.31. The second kappa shape index (κ2) is 6.37. The number of nitriles is 1. The van der Waals surface area contributed by atoms with Gasteiger partial charge in [-0.05, 0) is 57.9 Å². The van der Waals surface area contributed by atoms with Crippen LogP contribution < -0.4 is 4.74 Å². The summed E-state index contributed by atoms with van der Waals surface area (Å²) in [5.41, 5.74) is 0.774. The Hall–Kier alpha value is -2.39. The highest BCUT2D eigenvalue weighted by atomic mass is 79.9. The van der Waals surface area contributed by atoms with Crippen LogP contribution in [0.5, 0.6) is 5.75 Å². The van der Waals surface area contributed by atoms with E-state index in [0.29, 0.717) is 15.8 Å². The molecule has 0 atom stereocenters. The maximum atomic E-state index is 13.3. The van der Waals surface area contributed by atoms with Crippen molar-refractivity contribution in [1.82, 2.24) is 0 Å². The molecule has 0 saturated carbocycles. The van der Waals surface area contributed by atoms with Gasteiger partial charge in [0, 0.05) is 0 Å². The van der Waals surface area contributed by atoms with Crippen molar-refractivity contribution < 1.29 is 19.0 Å². The lowest BCUT2D eigenvalue weighted by molar-refractivity contribution is 0.0696. The predicted octanol–water partition coefficient (Wildman–Crippen LogP) is 3.74. The lowest BCUT2D eigenvalue weighted by atomic mass is 10.1. The van der Waals surface area contributed by atoms with Crippen molar-refractivity contribution in [3.05, 3.63) is 63.4 Å². The zero-order chi connectivity index (χ0) is 15.4. The number of nitrogens with zero attached hydrogens (tertiary/aromatic N) is 1. The topological polar surface area (TPSA) is 70.3 Å². The van der Waals surface area contributed by atoms with Gasteiger partial charge >= 0.3 is 5.97 Å². The maximum absolute atomic E-state index is 13.3. The average Bonchev–Trinajstić information content (AvgIpc) is 2.45. The molecule has 0 heterocycles. The number of carboxylic acid groups (broad SMARTS) is 1. The van der Waals surface area contributed by atoms with Gasteiger partial charge in [-0.25, -0.2) is 9.18 Å². The van der Waals surface area contributed by atoms with E-state index in [9.17, 15) is 9.18 Å². The van der Waals surface area contributed by atoms with Gasteiger partial charge in [-0.3, -0.25) is 0 Å². The minimum absolute atomic E-state index is 0.0219. The van der Waals surface area contributed by atoms with Crippen LogP contribution in [0.25, 0.3) is 0 Å². The Bertz CT molecular complexity index is 740. The zero-order valence-electron chi connectivity index (χ0n) is 10.6. The first-order chi connectivity index (χ1) is 9.99. The van der Waals surface area contributed by atoms with Crippen molar-refractivity contribution in [2.45, 2.75) is 6.61 Å². The quantitative estimate of drug-likeness (QED) is 0.912. The fraction of sp³-hybridized carbons (Fsp3) is 0.0667. The largest absolute Gasteiger partial charge is 0.488 e. The van der Waals surface area contributed by atoms with Gasteiger partial charge in [-0.2, -0.15) is 5.26 Å². The van der Waals surface area contributed by atoms with Crippen LogP contribution in [0.1, 0.15) is 21.5 Å². The van der Waals surface area contributed by atoms with Crippen LogP contribution in [0.3, 0.4) is 0 Å². The third-order valence-electron chi connectivity index (χ3n) is 2.66. The van der Waals surface area contributed by atoms with E-state index >= 15 is 0 Å². The summed E-state index contributed by atoms with van der Waals surface area (Å²) < 4.78 is 19.4. The van der Waals surface area contributed by atoms with Crippen LogP contribution in [0, 0.1) is 17.1 Å². The molecular formula is C15H9BrFNO3. The van der Waals surface area contributed by atoms with Crippen LogP contribution >= 0.6 is 15.9 Å². The van der Waals surface area contributed by atoms with Crippen molar-refractivity contribution in [3.8, 4) is 11.8 Å². The molecule has 0 bridgehead atoms. The molecule has 0 aliphatic rings. The number of hydrogen-bond donors (Lipinski definition) is 1. The van der Waals surface area contributed by atoms with Gasteiger partial charge < -0.3 is 9.84 Å². The fourth-order valence-electron chi connectivity index (χ4n) is 1.71. The molecule has 4 nitrogen and oxygen atoms in total. The van der Waals surface area contributed by atoms with Crippen molar-refractivity contribution in [2.75, 3.05) is 0 Å². The normalized spacial score (nSPS) is 9.95. The summed E-state index contributed by atoms with van der Waals surface area (Å²) in [5, 5.41) is 17.7. The van der Waals surface area contributed by atoms with E-state index in [1.807, 2.05) is 6.07 Å². The molecule has 0 saturated heterocycles. The summed E-state index contributed by atoms with van der Waals surface area (Å²) in [6.07, 6.45) is 0. The average molecular weight is 350 g/mol. The first-order valence-electron chi connectivity index (χ1n) is 5.85. The second-order valence-electron chi connectivity index (χ2n) is 4.20. The Labute approximate surface area is 128 Å². The smallest absolute Gasteiger partial charge is 0.335 e. The SMILES string of the molecule is N#Cc1cc(F)cc(COc2cc(C(=O)O)ccc2Br)c1. The van der Waals surface area contributed by atoms with E-state index in [0.717, 1.165) is 6.07 Å². The first kappa shape index (κ1) is 15.0. The van der Waals surface area contributed by atoms with Gasteiger partial charge in [-0.15, -0.1) is 0 Å². The minimum Gasteiger partial charge on any atom is -0.488 e. The Balaban J connectivity index is 2.20. The summed E-state index contributed by atoms with van der Waals surface area (Å²) in [7, 11) is 0. The van der Waals surface area contributed by atoms with Crippen molar-refractivity contribution in [1.29, 1.82) is 5.26 Å². The van der Waals surface area contributed by atoms with E-state index in [2.05, 4.69) is 15.9 Å². The number of carboxylic acids is 1. The minimum atomic E-state index is -1.06. The van der Waals surface area contributed by atoms with Crippen LogP contribution in [-0.2, 0) is 6.61 Å². The standard InChI is InChI=1S/C15H9BrFNO3/c16-13-2-1-11(15(19)20)6-14(13)21-8-10-3-9(7-18)4-12(17)5-10/h1-6H,8H2,(H,19,20). The molecule has 0 unspecified atom stereocenters.